The van der Waals surface area contributed by atoms with E-state index in [2.05, 4.69) is 45.4 Å². The molecule has 30 heavy (non-hydrogen) atoms. The normalized spacial score (nSPS) is 22.2. The topological polar surface area (TPSA) is 51.2 Å². The lowest BCUT2D eigenvalue weighted by molar-refractivity contribution is -0.127. The van der Waals surface area contributed by atoms with E-state index in [1.54, 1.807) is 19.0 Å². The number of likely N-dealkylation sites (tertiary alicyclic amines) is 2. The van der Waals surface area contributed by atoms with Crippen molar-refractivity contribution in [3.63, 3.8) is 0 Å². The van der Waals surface area contributed by atoms with Crippen LogP contribution in [0.5, 0.6) is 0 Å². The number of hydrogen-bond donors (Lipinski definition) is 1. The molecule has 1 spiro atoms. The maximum atomic E-state index is 12.1. The maximum Gasteiger partial charge on any atom is 0.243 e. The van der Waals surface area contributed by atoms with Crippen LogP contribution in [0.15, 0.2) is 35.3 Å². The Kier molecular flexibility index (Phi) is 6.61. The third-order valence-electron chi connectivity index (χ3n) is 7.18. The molecule has 164 valence electrons. The number of aliphatic imine (C=N–C) groups is 1. The summed E-state index contributed by atoms with van der Waals surface area (Å²) in [6.07, 6.45) is 7.58. The fourth-order valence-corrected chi connectivity index (χ4v) is 4.98. The summed E-state index contributed by atoms with van der Waals surface area (Å²) < 4.78 is 0. The number of amides is 1. The van der Waals surface area contributed by atoms with Crippen LogP contribution in [-0.4, -0.2) is 79.4 Å². The minimum Gasteiger partial charge on any atom is -0.353 e. The predicted octanol–water partition coefficient (Wildman–Crippen LogP) is 2.56. The van der Waals surface area contributed by atoms with Gasteiger partial charge >= 0.3 is 0 Å². The highest BCUT2D eigenvalue weighted by Crippen LogP contribution is 2.47. The van der Waals surface area contributed by atoms with Crippen LogP contribution in [0, 0.1) is 5.41 Å². The molecule has 0 aromatic heterocycles. The van der Waals surface area contributed by atoms with Crippen molar-refractivity contribution < 1.29 is 4.79 Å². The van der Waals surface area contributed by atoms with E-state index < -0.39 is 0 Å². The maximum absolute atomic E-state index is 12.1. The van der Waals surface area contributed by atoms with E-state index in [1.165, 1.54) is 31.2 Å². The third-order valence-corrected chi connectivity index (χ3v) is 7.18. The van der Waals surface area contributed by atoms with Gasteiger partial charge in [-0.15, -0.1) is 0 Å². The first kappa shape index (κ1) is 21.2. The number of carbonyl (C=O) groups is 1. The summed E-state index contributed by atoms with van der Waals surface area (Å²) in [7, 11) is 3.60. The molecule has 1 aromatic carbocycles. The fraction of sp³-hybridized carbons (Fsp3) is 0.667. The minimum absolute atomic E-state index is 0.0598. The van der Waals surface area contributed by atoms with Crippen molar-refractivity contribution in [1.29, 1.82) is 0 Å². The molecule has 0 unspecified atom stereocenters. The first-order chi connectivity index (χ1) is 14.5. The highest BCUT2D eigenvalue weighted by molar-refractivity contribution is 5.85. The average Bonchev–Trinajstić information content (AvgIpc) is 3.19. The molecule has 1 saturated carbocycles. The molecule has 3 fully saturated rings. The first-order valence-corrected chi connectivity index (χ1v) is 11.6. The summed E-state index contributed by atoms with van der Waals surface area (Å²) in [6.45, 7) is 5.61. The Morgan fingerprint density at radius 3 is 2.47 bits per heavy atom. The fourth-order valence-electron chi connectivity index (χ4n) is 4.98. The Bertz CT molecular complexity index is 735. The molecule has 0 atom stereocenters. The van der Waals surface area contributed by atoms with Gasteiger partial charge in [0.25, 0.3) is 0 Å². The van der Waals surface area contributed by atoms with Crippen LogP contribution in [0.3, 0.4) is 0 Å². The number of nitrogens with zero attached hydrogens (tertiary/aromatic N) is 4. The SMILES string of the molecule is CN(C)C(=O)CN=C(NC1CCN(Cc2ccccc2)CC1)N1CCC2(CCC2)C1. The smallest absolute Gasteiger partial charge is 0.243 e. The Labute approximate surface area is 181 Å². The first-order valence-electron chi connectivity index (χ1n) is 11.6. The lowest BCUT2D eigenvalue weighted by atomic mass is 9.68. The number of carbonyl (C=O) groups excluding carboxylic acids is 1. The number of rotatable bonds is 5. The molecular weight excluding hydrogens is 374 g/mol. The molecule has 3 aliphatic rings. The van der Waals surface area contributed by atoms with Gasteiger partial charge in [-0.2, -0.15) is 0 Å². The number of guanidine groups is 1. The quantitative estimate of drug-likeness (QED) is 0.598. The highest BCUT2D eigenvalue weighted by Gasteiger charge is 2.43. The number of hydrogen-bond acceptors (Lipinski definition) is 3. The van der Waals surface area contributed by atoms with E-state index in [-0.39, 0.29) is 12.5 Å². The Balaban J connectivity index is 1.33. The van der Waals surface area contributed by atoms with E-state index >= 15 is 0 Å². The highest BCUT2D eigenvalue weighted by atomic mass is 16.2. The van der Waals surface area contributed by atoms with Crippen molar-refractivity contribution in [1.82, 2.24) is 20.0 Å². The van der Waals surface area contributed by atoms with Crippen LogP contribution >= 0.6 is 0 Å². The Morgan fingerprint density at radius 2 is 1.87 bits per heavy atom. The van der Waals surface area contributed by atoms with Gasteiger partial charge in [0.1, 0.15) is 6.54 Å². The van der Waals surface area contributed by atoms with Crippen molar-refractivity contribution in [2.45, 2.75) is 51.1 Å². The summed E-state index contributed by atoms with van der Waals surface area (Å²) in [4.78, 5) is 23.5. The van der Waals surface area contributed by atoms with Crippen molar-refractivity contribution in [3.8, 4) is 0 Å². The monoisotopic (exact) mass is 411 g/mol. The number of likely N-dealkylation sites (N-methyl/N-ethyl adjacent to an activating group) is 1. The minimum atomic E-state index is 0.0598. The summed E-state index contributed by atoms with van der Waals surface area (Å²) >= 11 is 0. The van der Waals surface area contributed by atoms with Crippen molar-refractivity contribution in [2.75, 3.05) is 46.8 Å². The number of piperidine rings is 1. The van der Waals surface area contributed by atoms with Crippen LogP contribution in [0.2, 0.25) is 0 Å². The second-order valence-corrected chi connectivity index (χ2v) is 9.63. The molecule has 0 radical (unpaired) electrons. The Hall–Kier alpha value is -2.08. The van der Waals surface area contributed by atoms with E-state index in [0.717, 1.165) is 51.5 Å². The zero-order chi connectivity index (χ0) is 21.0. The van der Waals surface area contributed by atoms with Gasteiger partial charge in [0.05, 0.1) is 0 Å². The standard InChI is InChI=1S/C24H37N5O/c1-27(2)22(30)17-25-23(29-16-13-24(19-29)11-6-12-24)26-21-9-14-28(15-10-21)18-20-7-4-3-5-8-20/h3-5,7-8,21H,6,9-19H2,1-2H3,(H,25,26). The van der Waals surface area contributed by atoms with E-state index in [4.69, 9.17) is 4.99 Å². The number of nitrogens with one attached hydrogen (secondary N) is 1. The zero-order valence-corrected chi connectivity index (χ0v) is 18.6. The largest absolute Gasteiger partial charge is 0.353 e. The van der Waals surface area contributed by atoms with Crippen molar-refractivity contribution >= 4 is 11.9 Å². The molecule has 6 heteroatoms. The molecule has 1 aliphatic carbocycles. The lowest BCUT2D eigenvalue weighted by Crippen LogP contribution is -2.50. The van der Waals surface area contributed by atoms with Gasteiger partial charge in [0.2, 0.25) is 5.91 Å². The molecule has 6 nitrogen and oxygen atoms in total. The summed E-state index contributed by atoms with van der Waals surface area (Å²) in [5.41, 5.74) is 1.91. The van der Waals surface area contributed by atoms with Gasteiger partial charge in [-0.1, -0.05) is 36.8 Å². The zero-order valence-electron chi connectivity index (χ0n) is 18.6. The average molecular weight is 412 g/mol. The van der Waals surface area contributed by atoms with Gasteiger partial charge in [-0.3, -0.25) is 9.69 Å². The van der Waals surface area contributed by atoms with Crippen LogP contribution in [0.1, 0.15) is 44.1 Å². The van der Waals surface area contributed by atoms with E-state index in [0.29, 0.717) is 11.5 Å². The molecule has 1 aromatic rings. The molecule has 2 heterocycles. The number of benzene rings is 1. The predicted molar refractivity (Wildman–Crippen MR) is 121 cm³/mol. The van der Waals surface area contributed by atoms with E-state index in [1.807, 2.05) is 0 Å². The third kappa shape index (κ3) is 5.15. The molecule has 1 N–H and O–H groups in total. The second kappa shape index (κ2) is 9.38. The molecular formula is C24H37N5O. The second-order valence-electron chi connectivity index (χ2n) is 9.63. The molecule has 4 rings (SSSR count). The molecule has 2 aliphatic heterocycles. The molecule has 2 saturated heterocycles. The van der Waals surface area contributed by atoms with Crippen LogP contribution in [0.4, 0.5) is 0 Å². The summed E-state index contributed by atoms with van der Waals surface area (Å²) in [5, 5.41) is 3.74. The summed E-state index contributed by atoms with van der Waals surface area (Å²) in [5.74, 6) is 1.01. The van der Waals surface area contributed by atoms with Gasteiger partial charge < -0.3 is 15.1 Å². The van der Waals surface area contributed by atoms with Gasteiger partial charge in [-0.05, 0) is 43.1 Å². The molecule has 0 bridgehead atoms. The van der Waals surface area contributed by atoms with Crippen molar-refractivity contribution in [3.05, 3.63) is 35.9 Å². The van der Waals surface area contributed by atoms with Gasteiger partial charge in [0, 0.05) is 52.9 Å². The van der Waals surface area contributed by atoms with Crippen LogP contribution in [0.25, 0.3) is 0 Å². The lowest BCUT2D eigenvalue weighted by Gasteiger charge is -2.39. The van der Waals surface area contributed by atoms with Crippen molar-refractivity contribution in [2.24, 2.45) is 10.4 Å². The summed E-state index contributed by atoms with van der Waals surface area (Å²) in [6, 6.07) is 11.2. The van der Waals surface area contributed by atoms with Gasteiger partial charge in [0.15, 0.2) is 5.96 Å². The Morgan fingerprint density at radius 1 is 1.13 bits per heavy atom. The van der Waals surface area contributed by atoms with Crippen LogP contribution in [-0.2, 0) is 11.3 Å². The van der Waals surface area contributed by atoms with Crippen LogP contribution < -0.4 is 5.32 Å². The molecule has 1 amide bonds. The van der Waals surface area contributed by atoms with Gasteiger partial charge in [-0.25, -0.2) is 4.99 Å². The van der Waals surface area contributed by atoms with E-state index in [9.17, 15) is 4.79 Å².